The third-order valence-electron chi connectivity index (χ3n) is 2.07. The number of aromatic nitrogens is 2. The van der Waals surface area contributed by atoms with Gasteiger partial charge in [-0.3, -0.25) is 14.6 Å². The maximum atomic E-state index is 11.5. The first kappa shape index (κ1) is 13.2. The molecule has 7 heteroatoms. The molecule has 94 valence electrons. The summed E-state index contributed by atoms with van der Waals surface area (Å²) in [6.07, 6.45) is 0.785. The van der Waals surface area contributed by atoms with Crippen molar-refractivity contribution in [3.8, 4) is 0 Å². The van der Waals surface area contributed by atoms with Gasteiger partial charge in [0.25, 0.3) is 11.5 Å². The van der Waals surface area contributed by atoms with Gasteiger partial charge >= 0.3 is 5.69 Å². The first-order valence-corrected chi connectivity index (χ1v) is 5.46. The van der Waals surface area contributed by atoms with Gasteiger partial charge in [0.2, 0.25) is 0 Å². The molecule has 1 heterocycles. The number of amides is 1. The van der Waals surface area contributed by atoms with E-state index in [9.17, 15) is 14.4 Å². The molecule has 0 aliphatic heterocycles. The van der Waals surface area contributed by atoms with Gasteiger partial charge in [-0.2, -0.15) is 0 Å². The minimum Gasteiger partial charge on any atom is -0.351 e. The largest absolute Gasteiger partial charge is 0.351 e. The number of H-pyrrole nitrogens is 2. The Kier molecular flexibility index (Phi) is 5.15. The van der Waals surface area contributed by atoms with Crippen molar-refractivity contribution in [1.29, 1.82) is 0 Å². The molecule has 0 spiro atoms. The number of aromatic amines is 2. The standard InChI is InChI=1S/C10H16N4O3/c1-2-11-4-3-5-12-9(16)7-6-8(15)14-10(17)13-7/h6,11H,2-5H2,1H3,(H,12,16)(H2,13,14,15,17). The highest BCUT2D eigenvalue weighted by Crippen LogP contribution is 1.85. The van der Waals surface area contributed by atoms with Gasteiger partial charge in [0, 0.05) is 12.6 Å². The first-order chi connectivity index (χ1) is 8.13. The van der Waals surface area contributed by atoms with Crippen LogP contribution in [0.25, 0.3) is 0 Å². The molecule has 0 bridgehead atoms. The summed E-state index contributed by atoms with van der Waals surface area (Å²) in [6, 6.07) is 1.06. The quantitative estimate of drug-likeness (QED) is 0.468. The number of carbonyl (C=O) groups excluding carboxylic acids is 1. The topological polar surface area (TPSA) is 107 Å². The molecule has 0 aliphatic carbocycles. The number of nitrogens with one attached hydrogen (secondary N) is 4. The van der Waals surface area contributed by atoms with Crippen molar-refractivity contribution in [3.05, 3.63) is 32.6 Å². The van der Waals surface area contributed by atoms with E-state index in [1.54, 1.807) is 0 Å². The van der Waals surface area contributed by atoms with Crippen molar-refractivity contribution < 1.29 is 4.79 Å². The summed E-state index contributed by atoms with van der Waals surface area (Å²) in [7, 11) is 0. The highest BCUT2D eigenvalue weighted by atomic mass is 16.2. The van der Waals surface area contributed by atoms with Crippen LogP contribution in [0.3, 0.4) is 0 Å². The van der Waals surface area contributed by atoms with Crippen molar-refractivity contribution in [2.24, 2.45) is 0 Å². The Morgan fingerprint density at radius 2 is 2.06 bits per heavy atom. The second-order valence-corrected chi connectivity index (χ2v) is 3.46. The van der Waals surface area contributed by atoms with Crippen LogP contribution in [-0.4, -0.2) is 35.5 Å². The van der Waals surface area contributed by atoms with E-state index in [-0.39, 0.29) is 5.69 Å². The lowest BCUT2D eigenvalue weighted by molar-refractivity contribution is 0.0947. The summed E-state index contributed by atoms with van der Waals surface area (Å²) in [5, 5.41) is 5.73. The minimum atomic E-state index is -0.685. The Balaban J connectivity index is 2.47. The summed E-state index contributed by atoms with van der Waals surface area (Å²) in [4.78, 5) is 37.7. The highest BCUT2D eigenvalue weighted by Gasteiger charge is 2.06. The predicted octanol–water partition coefficient (Wildman–Crippen LogP) is -1.21. The Hall–Kier alpha value is -1.89. The molecular formula is C10H16N4O3. The zero-order chi connectivity index (χ0) is 12.7. The van der Waals surface area contributed by atoms with Crippen molar-refractivity contribution in [2.75, 3.05) is 19.6 Å². The molecule has 0 unspecified atom stereocenters. The Bertz CT molecular complexity index is 449. The minimum absolute atomic E-state index is 0.0257. The monoisotopic (exact) mass is 240 g/mol. The summed E-state index contributed by atoms with van der Waals surface area (Å²) in [5.74, 6) is -0.454. The zero-order valence-electron chi connectivity index (χ0n) is 9.63. The fourth-order valence-corrected chi connectivity index (χ4v) is 1.28. The molecule has 17 heavy (non-hydrogen) atoms. The number of carbonyl (C=O) groups is 1. The zero-order valence-corrected chi connectivity index (χ0v) is 9.63. The Morgan fingerprint density at radius 3 is 2.71 bits per heavy atom. The summed E-state index contributed by atoms with van der Waals surface area (Å²) >= 11 is 0. The van der Waals surface area contributed by atoms with Gasteiger partial charge in [-0.15, -0.1) is 0 Å². The van der Waals surface area contributed by atoms with Gasteiger partial charge in [-0.05, 0) is 19.5 Å². The van der Waals surface area contributed by atoms with Crippen LogP contribution in [0.1, 0.15) is 23.8 Å². The van der Waals surface area contributed by atoms with Gasteiger partial charge in [-0.1, -0.05) is 6.92 Å². The average molecular weight is 240 g/mol. The SMILES string of the molecule is CCNCCCNC(=O)c1cc(=O)[nH]c(=O)[nH]1. The van der Waals surface area contributed by atoms with Crippen LogP contribution in [0.4, 0.5) is 0 Å². The second kappa shape index (κ2) is 6.64. The lowest BCUT2D eigenvalue weighted by atomic mass is 10.3. The van der Waals surface area contributed by atoms with Crippen molar-refractivity contribution in [1.82, 2.24) is 20.6 Å². The average Bonchev–Trinajstić information content (AvgIpc) is 2.27. The molecule has 0 saturated heterocycles. The smallest absolute Gasteiger partial charge is 0.326 e. The molecule has 1 rings (SSSR count). The van der Waals surface area contributed by atoms with E-state index in [1.165, 1.54) is 0 Å². The van der Waals surface area contributed by atoms with E-state index in [4.69, 9.17) is 0 Å². The molecule has 7 nitrogen and oxygen atoms in total. The van der Waals surface area contributed by atoms with Gasteiger partial charge in [0.1, 0.15) is 5.69 Å². The summed E-state index contributed by atoms with van der Waals surface area (Å²) < 4.78 is 0. The van der Waals surface area contributed by atoms with E-state index >= 15 is 0 Å². The lowest BCUT2D eigenvalue weighted by Crippen LogP contribution is -2.32. The predicted molar refractivity (Wildman–Crippen MR) is 63.2 cm³/mol. The van der Waals surface area contributed by atoms with Gasteiger partial charge in [0.15, 0.2) is 0 Å². The van der Waals surface area contributed by atoms with Crippen LogP contribution < -0.4 is 21.9 Å². The van der Waals surface area contributed by atoms with Crippen LogP contribution in [0, 0.1) is 0 Å². The van der Waals surface area contributed by atoms with E-state index < -0.39 is 17.2 Å². The van der Waals surface area contributed by atoms with Gasteiger partial charge in [-0.25, -0.2) is 4.79 Å². The van der Waals surface area contributed by atoms with Crippen LogP contribution >= 0.6 is 0 Å². The molecule has 1 amide bonds. The van der Waals surface area contributed by atoms with Crippen LogP contribution in [-0.2, 0) is 0 Å². The van der Waals surface area contributed by atoms with E-state index in [1.807, 2.05) is 11.9 Å². The maximum Gasteiger partial charge on any atom is 0.326 e. The maximum absolute atomic E-state index is 11.5. The normalized spacial score (nSPS) is 10.2. The molecule has 0 fully saturated rings. The Morgan fingerprint density at radius 1 is 1.29 bits per heavy atom. The van der Waals surface area contributed by atoms with Crippen molar-refractivity contribution in [2.45, 2.75) is 13.3 Å². The first-order valence-electron chi connectivity index (χ1n) is 5.46. The molecule has 0 radical (unpaired) electrons. The summed E-state index contributed by atoms with van der Waals surface area (Å²) in [6.45, 7) is 4.18. The van der Waals surface area contributed by atoms with Gasteiger partial charge in [0.05, 0.1) is 0 Å². The molecular weight excluding hydrogens is 224 g/mol. The molecule has 4 N–H and O–H groups in total. The van der Waals surface area contributed by atoms with E-state index in [0.717, 1.165) is 25.6 Å². The van der Waals surface area contributed by atoms with E-state index in [0.29, 0.717) is 6.54 Å². The summed E-state index contributed by atoms with van der Waals surface area (Å²) in [5.41, 5.74) is -1.30. The molecule has 0 atom stereocenters. The number of rotatable bonds is 6. The van der Waals surface area contributed by atoms with Crippen molar-refractivity contribution >= 4 is 5.91 Å². The number of hydrogen-bond donors (Lipinski definition) is 4. The molecule has 0 aliphatic rings. The highest BCUT2D eigenvalue weighted by molar-refractivity contribution is 5.91. The number of hydrogen-bond acceptors (Lipinski definition) is 4. The van der Waals surface area contributed by atoms with Crippen molar-refractivity contribution in [3.63, 3.8) is 0 Å². The molecule has 1 aromatic rings. The molecule has 0 aromatic carbocycles. The van der Waals surface area contributed by atoms with Crippen LogP contribution in [0.5, 0.6) is 0 Å². The molecule has 1 aromatic heterocycles. The molecule has 0 saturated carbocycles. The van der Waals surface area contributed by atoms with E-state index in [2.05, 4.69) is 15.6 Å². The third-order valence-corrected chi connectivity index (χ3v) is 2.07. The fraction of sp³-hybridized carbons (Fsp3) is 0.500. The fourth-order valence-electron chi connectivity index (χ4n) is 1.28. The third kappa shape index (κ3) is 4.64. The van der Waals surface area contributed by atoms with Gasteiger partial charge < -0.3 is 15.6 Å². The Labute approximate surface area is 97.6 Å². The van der Waals surface area contributed by atoms with Crippen LogP contribution in [0.2, 0.25) is 0 Å². The lowest BCUT2D eigenvalue weighted by Gasteiger charge is -2.04. The van der Waals surface area contributed by atoms with Crippen LogP contribution in [0.15, 0.2) is 15.7 Å². The second-order valence-electron chi connectivity index (χ2n) is 3.46.